The number of carbonyl (C=O) groups is 1. The molecule has 3 aromatic rings. The van der Waals surface area contributed by atoms with Crippen LogP contribution in [0, 0.1) is 6.92 Å². The predicted molar refractivity (Wildman–Crippen MR) is 99.1 cm³/mol. The fraction of sp³-hybridized carbons (Fsp3) is 0.227. The third-order valence-corrected chi connectivity index (χ3v) is 4.81. The minimum Gasteiger partial charge on any atom is -0.342 e. The maximum absolute atomic E-state index is 11.8. The van der Waals surface area contributed by atoms with E-state index in [0.29, 0.717) is 6.42 Å². The van der Waals surface area contributed by atoms with Crippen LogP contribution in [-0.4, -0.2) is 10.4 Å². The Balaban J connectivity index is 1.79. The second kappa shape index (κ2) is 6.12. The first kappa shape index (κ1) is 14.9. The van der Waals surface area contributed by atoms with Crippen LogP contribution in [0.25, 0.3) is 16.5 Å². The molecule has 4 rings (SSSR count). The van der Waals surface area contributed by atoms with Crippen molar-refractivity contribution in [2.45, 2.75) is 32.7 Å². The normalized spacial score (nSPS) is 14.9. The summed E-state index contributed by atoms with van der Waals surface area (Å²) in [5.74, 6) is 0.256. The Morgan fingerprint density at radius 1 is 1.00 bits per heavy atom. The van der Waals surface area contributed by atoms with E-state index in [4.69, 9.17) is 0 Å². The van der Waals surface area contributed by atoms with Gasteiger partial charge in [-0.05, 0) is 43.0 Å². The van der Waals surface area contributed by atoms with Gasteiger partial charge in [-0.1, -0.05) is 48.0 Å². The Labute approximate surface area is 142 Å². The smallest absolute Gasteiger partial charge is 0.155 e. The molecule has 1 aliphatic rings. The molecule has 0 fully saturated rings. The molecule has 0 spiro atoms. The van der Waals surface area contributed by atoms with Crippen LogP contribution in [-0.2, 0) is 11.3 Å². The van der Waals surface area contributed by atoms with Crippen molar-refractivity contribution in [3.8, 4) is 0 Å². The second-order valence-corrected chi connectivity index (χ2v) is 6.66. The summed E-state index contributed by atoms with van der Waals surface area (Å²) in [6.45, 7) is 2.96. The first-order chi connectivity index (χ1) is 11.7. The van der Waals surface area contributed by atoms with E-state index >= 15 is 0 Å². The Hall–Kier alpha value is -2.61. The lowest BCUT2D eigenvalue weighted by Gasteiger charge is -2.11. The summed E-state index contributed by atoms with van der Waals surface area (Å²) in [4.78, 5) is 11.8. The predicted octanol–water partition coefficient (Wildman–Crippen LogP) is 5.13. The van der Waals surface area contributed by atoms with E-state index in [2.05, 4.69) is 66.2 Å². The standard InChI is InChI=1S/C22H21NO/c1-16-9-11-17(12-10-16)14-23-15-21(18-5-4-6-19(24)13-18)20-7-2-3-8-22(20)23/h2-3,7-13,15H,4-6,14H2,1H3. The molecule has 0 atom stereocenters. The first-order valence-corrected chi connectivity index (χ1v) is 8.58. The summed E-state index contributed by atoms with van der Waals surface area (Å²) in [5.41, 5.74) is 6.20. The molecule has 0 saturated carbocycles. The summed E-state index contributed by atoms with van der Waals surface area (Å²) in [7, 11) is 0. The lowest BCUT2D eigenvalue weighted by Crippen LogP contribution is -2.02. The molecule has 0 radical (unpaired) electrons. The number of fused-ring (bicyclic) bond motifs is 1. The van der Waals surface area contributed by atoms with Crippen LogP contribution < -0.4 is 0 Å². The van der Waals surface area contributed by atoms with Crippen LogP contribution in [0.1, 0.15) is 36.0 Å². The molecule has 1 aliphatic carbocycles. The lowest BCUT2D eigenvalue weighted by molar-refractivity contribution is -0.114. The topological polar surface area (TPSA) is 22.0 Å². The molecule has 0 aliphatic heterocycles. The SMILES string of the molecule is Cc1ccc(Cn2cc(C3=CC(=O)CCC3)c3ccccc32)cc1. The van der Waals surface area contributed by atoms with Crippen LogP contribution in [0.3, 0.4) is 0 Å². The average Bonchev–Trinajstić information content (AvgIpc) is 2.96. The van der Waals surface area contributed by atoms with Crippen LogP contribution in [0.15, 0.2) is 60.8 Å². The summed E-state index contributed by atoms with van der Waals surface area (Å²) >= 11 is 0. The number of aryl methyl sites for hydroxylation is 1. The van der Waals surface area contributed by atoms with E-state index in [1.54, 1.807) is 0 Å². The van der Waals surface area contributed by atoms with Crippen molar-refractivity contribution in [3.05, 3.63) is 77.5 Å². The van der Waals surface area contributed by atoms with Crippen molar-refractivity contribution >= 4 is 22.3 Å². The van der Waals surface area contributed by atoms with Crippen LogP contribution in [0.2, 0.25) is 0 Å². The highest BCUT2D eigenvalue weighted by atomic mass is 16.1. The molecule has 2 heteroatoms. The van der Waals surface area contributed by atoms with Crippen LogP contribution in [0.5, 0.6) is 0 Å². The molecule has 1 heterocycles. The number of allylic oxidation sites excluding steroid dienone is 2. The van der Waals surface area contributed by atoms with E-state index in [1.807, 2.05) is 6.08 Å². The maximum Gasteiger partial charge on any atom is 0.155 e. The van der Waals surface area contributed by atoms with Gasteiger partial charge in [0.25, 0.3) is 0 Å². The van der Waals surface area contributed by atoms with Crippen molar-refractivity contribution in [2.75, 3.05) is 0 Å². The molecule has 120 valence electrons. The highest BCUT2D eigenvalue weighted by Crippen LogP contribution is 2.32. The van der Waals surface area contributed by atoms with Gasteiger partial charge >= 0.3 is 0 Å². The van der Waals surface area contributed by atoms with Crippen LogP contribution >= 0.6 is 0 Å². The van der Waals surface area contributed by atoms with Gasteiger partial charge in [-0.15, -0.1) is 0 Å². The largest absolute Gasteiger partial charge is 0.342 e. The van der Waals surface area contributed by atoms with Crippen molar-refractivity contribution in [3.63, 3.8) is 0 Å². The third kappa shape index (κ3) is 2.80. The molecular formula is C22H21NO. The first-order valence-electron chi connectivity index (χ1n) is 8.58. The molecule has 0 unspecified atom stereocenters. The number of rotatable bonds is 3. The highest BCUT2D eigenvalue weighted by molar-refractivity contribution is 6.02. The number of nitrogens with zero attached hydrogens (tertiary/aromatic N) is 1. The van der Waals surface area contributed by atoms with Gasteiger partial charge in [0, 0.05) is 35.6 Å². The number of para-hydroxylation sites is 1. The lowest BCUT2D eigenvalue weighted by atomic mass is 9.93. The fourth-order valence-electron chi connectivity index (χ4n) is 3.53. The summed E-state index contributed by atoms with van der Waals surface area (Å²) < 4.78 is 2.30. The van der Waals surface area contributed by atoms with Gasteiger partial charge in [-0.3, -0.25) is 4.79 Å². The summed E-state index contributed by atoms with van der Waals surface area (Å²) in [6.07, 6.45) is 6.70. The minimum absolute atomic E-state index is 0.256. The minimum atomic E-state index is 0.256. The Kier molecular flexibility index (Phi) is 3.81. The second-order valence-electron chi connectivity index (χ2n) is 6.66. The molecule has 2 aromatic carbocycles. The fourth-order valence-corrected chi connectivity index (χ4v) is 3.53. The molecule has 0 amide bonds. The van der Waals surface area contributed by atoms with Gasteiger partial charge in [0.1, 0.15) is 0 Å². The van der Waals surface area contributed by atoms with E-state index in [9.17, 15) is 4.79 Å². The van der Waals surface area contributed by atoms with E-state index < -0.39 is 0 Å². The maximum atomic E-state index is 11.8. The van der Waals surface area contributed by atoms with Crippen LogP contribution in [0.4, 0.5) is 0 Å². The van der Waals surface area contributed by atoms with Gasteiger partial charge in [-0.2, -0.15) is 0 Å². The van der Waals surface area contributed by atoms with Gasteiger partial charge in [0.15, 0.2) is 5.78 Å². The van der Waals surface area contributed by atoms with Crippen molar-refractivity contribution < 1.29 is 4.79 Å². The van der Waals surface area contributed by atoms with E-state index in [1.165, 1.54) is 33.2 Å². The summed E-state index contributed by atoms with van der Waals surface area (Å²) in [5, 5.41) is 1.24. The van der Waals surface area contributed by atoms with Gasteiger partial charge in [0.05, 0.1) is 0 Å². The Morgan fingerprint density at radius 2 is 1.79 bits per heavy atom. The Morgan fingerprint density at radius 3 is 2.58 bits per heavy atom. The van der Waals surface area contributed by atoms with Crippen molar-refractivity contribution in [1.82, 2.24) is 4.57 Å². The number of hydrogen-bond acceptors (Lipinski definition) is 1. The molecule has 1 aromatic heterocycles. The van der Waals surface area contributed by atoms with E-state index in [0.717, 1.165) is 19.4 Å². The number of ketones is 1. The number of carbonyl (C=O) groups excluding carboxylic acids is 1. The monoisotopic (exact) mass is 315 g/mol. The van der Waals surface area contributed by atoms with Crippen molar-refractivity contribution in [1.29, 1.82) is 0 Å². The molecule has 0 bridgehead atoms. The molecular weight excluding hydrogens is 294 g/mol. The highest BCUT2D eigenvalue weighted by Gasteiger charge is 2.16. The Bertz CT molecular complexity index is 928. The van der Waals surface area contributed by atoms with Crippen molar-refractivity contribution in [2.24, 2.45) is 0 Å². The summed E-state index contributed by atoms with van der Waals surface area (Å²) in [6, 6.07) is 17.2. The van der Waals surface area contributed by atoms with Gasteiger partial charge in [-0.25, -0.2) is 0 Å². The van der Waals surface area contributed by atoms with Gasteiger partial charge in [0.2, 0.25) is 0 Å². The van der Waals surface area contributed by atoms with Gasteiger partial charge < -0.3 is 4.57 Å². The number of aromatic nitrogens is 1. The molecule has 24 heavy (non-hydrogen) atoms. The van der Waals surface area contributed by atoms with E-state index in [-0.39, 0.29) is 5.78 Å². The number of benzene rings is 2. The quantitative estimate of drug-likeness (QED) is 0.656. The third-order valence-electron chi connectivity index (χ3n) is 4.81. The molecule has 0 N–H and O–H groups in total. The zero-order chi connectivity index (χ0) is 16.5. The molecule has 0 saturated heterocycles. The zero-order valence-corrected chi connectivity index (χ0v) is 14.0. The number of hydrogen-bond donors (Lipinski definition) is 0. The zero-order valence-electron chi connectivity index (χ0n) is 14.0. The molecule has 2 nitrogen and oxygen atoms in total. The average molecular weight is 315 g/mol.